The van der Waals surface area contributed by atoms with Crippen molar-refractivity contribution in [1.82, 2.24) is 10.3 Å². The third kappa shape index (κ3) is 3.19. The van der Waals surface area contributed by atoms with Crippen molar-refractivity contribution in [2.45, 2.75) is 83.6 Å². The summed E-state index contributed by atoms with van der Waals surface area (Å²) in [7, 11) is 0. The van der Waals surface area contributed by atoms with Crippen LogP contribution in [0.4, 0.5) is 0 Å². The van der Waals surface area contributed by atoms with E-state index < -0.39 is 0 Å². The van der Waals surface area contributed by atoms with Gasteiger partial charge in [0.05, 0.1) is 11.2 Å². The van der Waals surface area contributed by atoms with Crippen LogP contribution in [0.2, 0.25) is 0 Å². The van der Waals surface area contributed by atoms with Gasteiger partial charge in [-0.3, -0.25) is 0 Å². The molecule has 3 rings (SSSR count). The Morgan fingerprint density at radius 2 is 1.95 bits per heavy atom. The lowest BCUT2D eigenvalue weighted by atomic mass is 9.75. The maximum Gasteiger partial charge on any atom is 0.113 e. The van der Waals surface area contributed by atoms with Gasteiger partial charge >= 0.3 is 0 Å². The monoisotopic (exact) mass is 306 g/mol. The molecule has 21 heavy (non-hydrogen) atoms. The summed E-state index contributed by atoms with van der Waals surface area (Å²) < 4.78 is 0. The van der Waals surface area contributed by atoms with Crippen LogP contribution in [0.1, 0.15) is 80.8 Å². The Morgan fingerprint density at radius 1 is 1.19 bits per heavy atom. The molecule has 1 fully saturated rings. The van der Waals surface area contributed by atoms with Crippen LogP contribution < -0.4 is 5.32 Å². The van der Waals surface area contributed by atoms with Crippen LogP contribution in [0.25, 0.3) is 0 Å². The molecule has 0 unspecified atom stereocenters. The first-order valence-electron chi connectivity index (χ1n) is 9.01. The van der Waals surface area contributed by atoms with Gasteiger partial charge in [-0.25, -0.2) is 4.98 Å². The predicted octanol–water partition coefficient (Wildman–Crippen LogP) is 4.82. The molecule has 3 heteroatoms. The van der Waals surface area contributed by atoms with E-state index in [1.165, 1.54) is 74.9 Å². The van der Waals surface area contributed by atoms with Crippen molar-refractivity contribution in [2.75, 3.05) is 6.54 Å². The minimum absolute atomic E-state index is 0.198. The van der Waals surface area contributed by atoms with Crippen molar-refractivity contribution in [2.24, 2.45) is 5.92 Å². The molecule has 118 valence electrons. The molecule has 0 spiro atoms. The zero-order valence-corrected chi connectivity index (χ0v) is 14.5. The maximum absolute atomic E-state index is 5.11. The zero-order chi connectivity index (χ0) is 14.7. The fourth-order valence-corrected chi connectivity index (χ4v) is 5.34. The number of rotatable bonds is 5. The standard InChI is InChI=1S/C18H30N2S/c1-3-13-19-18(11-9-14(4-2)10-12-18)17-20-15-7-5-6-8-16(15)21-17/h14,19H,3-13H2,1-2H3. The minimum Gasteiger partial charge on any atom is -0.305 e. The van der Waals surface area contributed by atoms with Crippen LogP contribution in [0.3, 0.4) is 0 Å². The van der Waals surface area contributed by atoms with E-state index in [1.54, 1.807) is 4.88 Å². The van der Waals surface area contributed by atoms with Crippen LogP contribution in [-0.4, -0.2) is 11.5 Å². The summed E-state index contributed by atoms with van der Waals surface area (Å²) in [6.07, 6.45) is 13.1. The Kier molecular flexibility index (Phi) is 5.00. The number of hydrogen-bond donors (Lipinski definition) is 1. The van der Waals surface area contributed by atoms with Crippen molar-refractivity contribution < 1.29 is 0 Å². The summed E-state index contributed by atoms with van der Waals surface area (Å²) in [5.41, 5.74) is 1.63. The molecule has 1 heterocycles. The number of aryl methyl sites for hydroxylation is 2. The van der Waals surface area contributed by atoms with Gasteiger partial charge in [0.1, 0.15) is 5.01 Å². The molecule has 1 aromatic heterocycles. The van der Waals surface area contributed by atoms with Gasteiger partial charge in [-0.15, -0.1) is 11.3 Å². The second-order valence-electron chi connectivity index (χ2n) is 6.96. The van der Waals surface area contributed by atoms with Crippen LogP contribution >= 0.6 is 11.3 Å². The summed E-state index contributed by atoms with van der Waals surface area (Å²) >= 11 is 2.03. The zero-order valence-electron chi connectivity index (χ0n) is 13.7. The van der Waals surface area contributed by atoms with Gasteiger partial charge in [0.15, 0.2) is 0 Å². The summed E-state index contributed by atoms with van der Waals surface area (Å²) in [5, 5.41) is 5.32. The third-order valence-corrected chi connectivity index (χ3v) is 6.87. The molecule has 2 aliphatic carbocycles. The van der Waals surface area contributed by atoms with Crippen LogP contribution in [-0.2, 0) is 18.4 Å². The molecule has 0 amide bonds. The Labute approximate surface area is 133 Å². The molecule has 2 nitrogen and oxygen atoms in total. The number of fused-ring (bicyclic) bond motifs is 1. The average molecular weight is 307 g/mol. The van der Waals surface area contributed by atoms with E-state index in [1.807, 2.05) is 11.3 Å². The summed E-state index contributed by atoms with van der Waals surface area (Å²) in [4.78, 5) is 6.70. The lowest BCUT2D eigenvalue weighted by Crippen LogP contribution is -2.45. The SMILES string of the molecule is CCCNC1(c2nc3c(s2)CCCC3)CCC(CC)CC1. The van der Waals surface area contributed by atoms with E-state index in [0.717, 1.165) is 12.5 Å². The second kappa shape index (κ2) is 6.78. The fraction of sp³-hybridized carbons (Fsp3) is 0.833. The van der Waals surface area contributed by atoms with Crippen molar-refractivity contribution in [3.05, 3.63) is 15.6 Å². The Morgan fingerprint density at radius 3 is 2.62 bits per heavy atom. The van der Waals surface area contributed by atoms with Gasteiger partial charge in [-0.05, 0) is 70.3 Å². The molecular weight excluding hydrogens is 276 g/mol. The summed E-state index contributed by atoms with van der Waals surface area (Å²) in [5.74, 6) is 0.941. The summed E-state index contributed by atoms with van der Waals surface area (Å²) in [6.45, 7) is 5.74. The van der Waals surface area contributed by atoms with Crippen molar-refractivity contribution in [1.29, 1.82) is 0 Å². The number of aromatic nitrogens is 1. The maximum atomic E-state index is 5.11. The quantitative estimate of drug-likeness (QED) is 0.844. The van der Waals surface area contributed by atoms with Crippen LogP contribution in [0.5, 0.6) is 0 Å². The highest BCUT2D eigenvalue weighted by Crippen LogP contribution is 2.43. The van der Waals surface area contributed by atoms with Gasteiger partial charge in [0.25, 0.3) is 0 Å². The molecule has 0 radical (unpaired) electrons. The largest absolute Gasteiger partial charge is 0.305 e. The van der Waals surface area contributed by atoms with E-state index >= 15 is 0 Å². The molecule has 0 aliphatic heterocycles. The predicted molar refractivity (Wildman–Crippen MR) is 91.0 cm³/mol. The van der Waals surface area contributed by atoms with E-state index in [4.69, 9.17) is 4.98 Å². The smallest absolute Gasteiger partial charge is 0.113 e. The average Bonchev–Trinajstić information content (AvgIpc) is 2.98. The minimum atomic E-state index is 0.198. The lowest BCUT2D eigenvalue weighted by molar-refractivity contribution is 0.185. The van der Waals surface area contributed by atoms with E-state index in [9.17, 15) is 0 Å². The highest BCUT2D eigenvalue weighted by molar-refractivity contribution is 7.11. The van der Waals surface area contributed by atoms with E-state index in [-0.39, 0.29) is 5.54 Å². The first-order chi connectivity index (χ1) is 10.3. The number of thiazole rings is 1. The first-order valence-corrected chi connectivity index (χ1v) is 9.83. The Bertz CT molecular complexity index is 434. The Balaban J connectivity index is 1.83. The van der Waals surface area contributed by atoms with Gasteiger partial charge in [0.2, 0.25) is 0 Å². The topological polar surface area (TPSA) is 24.9 Å². The molecule has 1 saturated carbocycles. The molecular formula is C18H30N2S. The first kappa shape index (κ1) is 15.5. The highest BCUT2D eigenvalue weighted by atomic mass is 32.1. The van der Waals surface area contributed by atoms with Gasteiger partial charge in [0, 0.05) is 4.88 Å². The normalized spacial score (nSPS) is 29.3. The molecule has 2 aliphatic rings. The van der Waals surface area contributed by atoms with E-state index in [2.05, 4.69) is 19.2 Å². The molecule has 1 N–H and O–H groups in total. The fourth-order valence-electron chi connectivity index (χ4n) is 3.97. The van der Waals surface area contributed by atoms with Gasteiger partial charge in [-0.1, -0.05) is 20.3 Å². The van der Waals surface area contributed by atoms with Crippen LogP contribution in [0, 0.1) is 5.92 Å². The van der Waals surface area contributed by atoms with Crippen LogP contribution in [0.15, 0.2) is 0 Å². The van der Waals surface area contributed by atoms with E-state index in [0.29, 0.717) is 0 Å². The second-order valence-corrected chi connectivity index (χ2v) is 8.04. The Hall–Kier alpha value is -0.410. The van der Waals surface area contributed by atoms with Gasteiger partial charge in [-0.2, -0.15) is 0 Å². The van der Waals surface area contributed by atoms with Crippen molar-refractivity contribution in [3.8, 4) is 0 Å². The molecule has 0 saturated heterocycles. The molecule has 0 aromatic carbocycles. The van der Waals surface area contributed by atoms with Crippen molar-refractivity contribution in [3.63, 3.8) is 0 Å². The summed E-state index contributed by atoms with van der Waals surface area (Å²) in [6, 6.07) is 0. The molecule has 1 aromatic rings. The number of hydrogen-bond acceptors (Lipinski definition) is 3. The van der Waals surface area contributed by atoms with Gasteiger partial charge < -0.3 is 5.32 Å². The third-order valence-electron chi connectivity index (χ3n) is 5.50. The highest BCUT2D eigenvalue weighted by Gasteiger charge is 2.39. The lowest BCUT2D eigenvalue weighted by Gasteiger charge is -2.39. The van der Waals surface area contributed by atoms with Crippen molar-refractivity contribution >= 4 is 11.3 Å². The number of nitrogens with one attached hydrogen (secondary N) is 1. The number of nitrogens with zero attached hydrogens (tertiary/aromatic N) is 1. The molecule has 0 bridgehead atoms. The molecule has 0 atom stereocenters.